The van der Waals surface area contributed by atoms with Crippen LogP contribution < -0.4 is 16.6 Å². The van der Waals surface area contributed by atoms with Gasteiger partial charge in [0.1, 0.15) is 0 Å². The summed E-state index contributed by atoms with van der Waals surface area (Å²) in [4.78, 5) is 43.1. The molecule has 0 atom stereocenters. The zero-order valence-electron chi connectivity index (χ0n) is 17.4. The van der Waals surface area contributed by atoms with Crippen LogP contribution in [0, 0.1) is 6.92 Å². The summed E-state index contributed by atoms with van der Waals surface area (Å²) in [6.45, 7) is 2.12. The van der Waals surface area contributed by atoms with E-state index in [-0.39, 0.29) is 18.8 Å². The second kappa shape index (κ2) is 9.22. The Hall–Kier alpha value is -4.33. The zero-order chi connectivity index (χ0) is 22.5. The second-order valence-electron chi connectivity index (χ2n) is 7.30. The van der Waals surface area contributed by atoms with E-state index in [2.05, 4.69) is 15.4 Å². The molecule has 0 saturated heterocycles. The summed E-state index contributed by atoms with van der Waals surface area (Å²) >= 11 is 0. The first-order valence-corrected chi connectivity index (χ1v) is 10.0. The van der Waals surface area contributed by atoms with Crippen LogP contribution in [0.3, 0.4) is 0 Å². The molecule has 2 aromatic carbocycles. The smallest absolute Gasteiger partial charge is 0.346 e. The minimum atomic E-state index is -0.745. The molecule has 0 saturated carbocycles. The van der Waals surface area contributed by atoms with Gasteiger partial charge < -0.3 is 5.32 Å². The van der Waals surface area contributed by atoms with E-state index in [0.717, 1.165) is 25.9 Å². The van der Waals surface area contributed by atoms with E-state index in [9.17, 15) is 14.4 Å². The first-order chi connectivity index (χ1) is 15.5. The van der Waals surface area contributed by atoms with Crippen LogP contribution in [0.2, 0.25) is 0 Å². The minimum Gasteiger partial charge on any atom is -0.346 e. The van der Waals surface area contributed by atoms with Crippen LogP contribution in [0.4, 0.5) is 0 Å². The van der Waals surface area contributed by atoms with Gasteiger partial charge >= 0.3 is 5.69 Å². The van der Waals surface area contributed by atoms with Gasteiger partial charge in [0.05, 0.1) is 12.2 Å². The molecule has 160 valence electrons. The van der Waals surface area contributed by atoms with Crippen LogP contribution in [0.15, 0.2) is 88.7 Å². The number of rotatable bonds is 6. The number of amides is 1. The van der Waals surface area contributed by atoms with Gasteiger partial charge in [-0.2, -0.15) is 9.78 Å². The van der Waals surface area contributed by atoms with Crippen molar-refractivity contribution in [2.75, 3.05) is 0 Å². The Kier molecular flexibility index (Phi) is 6.03. The molecule has 4 rings (SSSR count). The summed E-state index contributed by atoms with van der Waals surface area (Å²) in [5, 5.41) is 6.81. The molecule has 1 N–H and O–H groups in total. The predicted molar refractivity (Wildman–Crippen MR) is 120 cm³/mol. The molecule has 1 amide bonds. The fraction of sp³-hybridized carbons (Fsp3) is 0.125. The van der Waals surface area contributed by atoms with Crippen molar-refractivity contribution in [1.29, 1.82) is 0 Å². The molecule has 0 aliphatic heterocycles. The Balaban J connectivity index is 1.77. The summed E-state index contributed by atoms with van der Waals surface area (Å²) in [7, 11) is 0. The molecule has 2 heterocycles. The van der Waals surface area contributed by atoms with Crippen LogP contribution in [-0.4, -0.2) is 25.2 Å². The second-order valence-corrected chi connectivity index (χ2v) is 7.30. The Labute approximate surface area is 183 Å². The Morgan fingerprint density at radius 2 is 1.66 bits per heavy atom. The molecular weight excluding hydrogens is 406 g/mol. The van der Waals surface area contributed by atoms with Crippen molar-refractivity contribution < 1.29 is 4.79 Å². The van der Waals surface area contributed by atoms with Crippen LogP contribution in [-0.2, 0) is 13.1 Å². The topological polar surface area (TPSA) is 98.9 Å². The molecule has 0 unspecified atom stereocenters. The number of aryl methyl sites for hydroxylation is 1. The van der Waals surface area contributed by atoms with Crippen LogP contribution in [0.1, 0.15) is 27.2 Å². The molecule has 0 spiro atoms. The number of hydrogen-bond acceptors (Lipinski definition) is 5. The molecule has 0 bridgehead atoms. The summed E-state index contributed by atoms with van der Waals surface area (Å²) in [5.74, 6) is -0.665. The summed E-state index contributed by atoms with van der Waals surface area (Å²) < 4.78 is 2.12. The molecular formula is C24H21N5O3. The van der Waals surface area contributed by atoms with E-state index in [0.29, 0.717) is 5.69 Å². The first kappa shape index (κ1) is 20.9. The van der Waals surface area contributed by atoms with Crippen molar-refractivity contribution in [3.63, 3.8) is 0 Å². The first-order valence-electron chi connectivity index (χ1n) is 10.0. The molecule has 8 nitrogen and oxygen atoms in total. The van der Waals surface area contributed by atoms with E-state index in [1.165, 1.54) is 0 Å². The van der Waals surface area contributed by atoms with Gasteiger partial charge in [-0.05, 0) is 36.2 Å². The molecule has 32 heavy (non-hydrogen) atoms. The highest BCUT2D eigenvalue weighted by Gasteiger charge is 2.20. The Bertz CT molecular complexity index is 1340. The average Bonchev–Trinajstić information content (AvgIpc) is 2.82. The van der Waals surface area contributed by atoms with Crippen LogP contribution in [0.5, 0.6) is 0 Å². The van der Waals surface area contributed by atoms with Crippen LogP contribution in [0.25, 0.3) is 5.69 Å². The SMILES string of the molecule is Cc1ccc(-n2nc(C(=O)NCc3cccnc3)c(=O)n(Cc3ccccc3)c2=O)cc1. The van der Waals surface area contributed by atoms with Gasteiger partial charge in [-0.3, -0.25) is 19.1 Å². The van der Waals surface area contributed by atoms with E-state index in [1.807, 2.05) is 55.5 Å². The maximum absolute atomic E-state index is 13.2. The molecule has 8 heteroatoms. The maximum atomic E-state index is 13.2. The third-order valence-corrected chi connectivity index (χ3v) is 4.91. The van der Waals surface area contributed by atoms with E-state index in [4.69, 9.17) is 0 Å². The highest BCUT2D eigenvalue weighted by Crippen LogP contribution is 2.06. The quantitative estimate of drug-likeness (QED) is 0.508. The van der Waals surface area contributed by atoms with Gasteiger partial charge in [-0.25, -0.2) is 4.79 Å². The third-order valence-electron chi connectivity index (χ3n) is 4.91. The lowest BCUT2D eigenvalue weighted by molar-refractivity contribution is 0.0941. The monoisotopic (exact) mass is 427 g/mol. The summed E-state index contributed by atoms with van der Waals surface area (Å²) in [6, 6.07) is 19.8. The minimum absolute atomic E-state index is 0.0236. The molecule has 4 aromatic rings. The average molecular weight is 427 g/mol. The number of pyridine rings is 1. The zero-order valence-corrected chi connectivity index (χ0v) is 17.4. The third kappa shape index (κ3) is 4.54. The van der Waals surface area contributed by atoms with Gasteiger partial charge in [-0.1, -0.05) is 54.1 Å². The van der Waals surface area contributed by atoms with E-state index < -0.39 is 17.2 Å². The van der Waals surface area contributed by atoms with Crippen molar-refractivity contribution in [3.8, 4) is 5.69 Å². The van der Waals surface area contributed by atoms with Gasteiger partial charge in [0, 0.05) is 18.9 Å². The fourth-order valence-electron chi connectivity index (χ4n) is 3.19. The molecule has 0 radical (unpaired) electrons. The molecule has 0 fully saturated rings. The maximum Gasteiger partial charge on any atom is 0.352 e. The van der Waals surface area contributed by atoms with Gasteiger partial charge in [-0.15, -0.1) is 0 Å². The van der Waals surface area contributed by atoms with E-state index in [1.54, 1.807) is 30.6 Å². The number of carbonyl (C=O) groups excluding carboxylic acids is 1. The standard InChI is InChI=1S/C24H21N5O3/c1-17-9-11-20(12-10-17)29-24(32)28(16-18-6-3-2-4-7-18)23(31)21(27-29)22(30)26-15-19-8-5-13-25-14-19/h2-14H,15-16H2,1H3,(H,26,30). The van der Waals surface area contributed by atoms with Crippen molar-refractivity contribution >= 4 is 5.91 Å². The number of benzene rings is 2. The number of hydrogen-bond donors (Lipinski definition) is 1. The highest BCUT2D eigenvalue weighted by atomic mass is 16.2. The molecule has 2 aromatic heterocycles. The Morgan fingerprint density at radius 3 is 2.34 bits per heavy atom. The predicted octanol–water partition coefficient (Wildman–Crippen LogP) is 2.08. The summed E-state index contributed by atoms with van der Waals surface area (Å²) in [6.07, 6.45) is 3.25. The van der Waals surface area contributed by atoms with Gasteiger partial charge in [0.2, 0.25) is 5.69 Å². The number of aromatic nitrogens is 4. The lowest BCUT2D eigenvalue weighted by atomic mass is 10.2. The molecule has 0 aliphatic carbocycles. The lowest BCUT2D eigenvalue weighted by Crippen LogP contribution is -2.46. The largest absolute Gasteiger partial charge is 0.352 e. The van der Waals surface area contributed by atoms with Gasteiger partial charge in [0.15, 0.2) is 0 Å². The number of nitrogens with one attached hydrogen (secondary N) is 1. The van der Waals surface area contributed by atoms with Gasteiger partial charge in [0.25, 0.3) is 11.5 Å². The van der Waals surface area contributed by atoms with Crippen molar-refractivity contribution in [2.24, 2.45) is 0 Å². The van der Waals surface area contributed by atoms with Crippen LogP contribution >= 0.6 is 0 Å². The normalized spacial score (nSPS) is 10.7. The highest BCUT2D eigenvalue weighted by molar-refractivity contribution is 5.91. The fourth-order valence-corrected chi connectivity index (χ4v) is 3.19. The molecule has 0 aliphatic rings. The number of carbonyl (C=O) groups is 1. The van der Waals surface area contributed by atoms with Crippen molar-refractivity contribution in [1.82, 2.24) is 24.6 Å². The summed E-state index contributed by atoms with van der Waals surface area (Å²) in [5.41, 5.74) is 1.28. The van der Waals surface area contributed by atoms with Crippen molar-refractivity contribution in [2.45, 2.75) is 20.0 Å². The van der Waals surface area contributed by atoms with Crippen molar-refractivity contribution in [3.05, 3.63) is 122 Å². The number of nitrogens with zero attached hydrogens (tertiary/aromatic N) is 4. The Morgan fingerprint density at radius 1 is 0.938 bits per heavy atom. The lowest BCUT2D eigenvalue weighted by Gasteiger charge is -2.12. The van der Waals surface area contributed by atoms with E-state index >= 15 is 0 Å².